The summed E-state index contributed by atoms with van der Waals surface area (Å²) in [6.07, 6.45) is 2.68. The van der Waals surface area contributed by atoms with E-state index in [1.54, 1.807) is 7.05 Å². The van der Waals surface area contributed by atoms with E-state index in [4.69, 9.17) is 0 Å². The van der Waals surface area contributed by atoms with Gasteiger partial charge in [-0.3, -0.25) is 19.3 Å². The van der Waals surface area contributed by atoms with Crippen LogP contribution in [0.5, 0.6) is 5.75 Å². The summed E-state index contributed by atoms with van der Waals surface area (Å²) >= 11 is 3.59. The van der Waals surface area contributed by atoms with Crippen molar-refractivity contribution in [1.82, 2.24) is 9.58 Å². The molecule has 0 spiro atoms. The molecule has 0 aliphatic carbocycles. The molecule has 0 saturated heterocycles. The van der Waals surface area contributed by atoms with Gasteiger partial charge in [0.05, 0.1) is 6.04 Å². The molecule has 170 valence electrons. The monoisotopic (exact) mass is 515 g/mol. The topological polar surface area (TPSA) is 65.8 Å². The van der Waals surface area contributed by atoms with Gasteiger partial charge in [-0.05, 0) is 54.2 Å². The Balaban J connectivity index is 1.87. The maximum absolute atomic E-state index is 14.5. The van der Waals surface area contributed by atoms with Crippen molar-refractivity contribution in [2.75, 3.05) is 12.1 Å². The molecule has 0 saturated carbocycles. The number of carbonyl (C=O) groups excluding carboxylic acids is 1. The highest BCUT2D eigenvalue weighted by molar-refractivity contribution is 9.10. The Labute approximate surface area is 196 Å². The van der Waals surface area contributed by atoms with Crippen LogP contribution in [0.25, 0.3) is 0 Å². The van der Waals surface area contributed by atoms with Gasteiger partial charge in [-0.25, -0.2) is 8.78 Å². The molecule has 6 nitrogen and oxygen atoms in total. The molecule has 0 fully saturated rings. The number of carbonyl (C=O) groups is 1. The summed E-state index contributed by atoms with van der Waals surface area (Å²) in [7, 11) is 1.62. The third-order valence-corrected chi connectivity index (χ3v) is 7.15. The third-order valence-electron chi connectivity index (χ3n) is 6.43. The van der Waals surface area contributed by atoms with E-state index in [-0.39, 0.29) is 5.69 Å². The van der Waals surface area contributed by atoms with Gasteiger partial charge in [0.1, 0.15) is 6.17 Å². The zero-order valence-corrected chi connectivity index (χ0v) is 19.2. The summed E-state index contributed by atoms with van der Waals surface area (Å²) in [6.45, 7) is 0. The Hall–Kier alpha value is -3.20. The van der Waals surface area contributed by atoms with Gasteiger partial charge in [0.15, 0.2) is 23.1 Å². The molecular formula is C24H20BrF2N3O3. The Morgan fingerprint density at radius 1 is 1.06 bits per heavy atom. The van der Waals surface area contributed by atoms with Crippen molar-refractivity contribution in [3.63, 3.8) is 0 Å². The number of amides is 1. The Kier molecular flexibility index (Phi) is 5.23. The summed E-state index contributed by atoms with van der Waals surface area (Å²) in [5.41, 5.74) is 1.16. The van der Waals surface area contributed by atoms with Crippen LogP contribution in [0.4, 0.5) is 8.78 Å². The van der Waals surface area contributed by atoms with Crippen molar-refractivity contribution in [2.45, 2.75) is 31.5 Å². The number of halogens is 3. The maximum Gasteiger partial charge on any atom is 0.277 e. The molecule has 0 unspecified atom stereocenters. The van der Waals surface area contributed by atoms with Crippen molar-refractivity contribution in [1.29, 1.82) is 0 Å². The van der Waals surface area contributed by atoms with E-state index < -0.39 is 40.9 Å². The van der Waals surface area contributed by atoms with Crippen LogP contribution < -0.4 is 10.4 Å². The first-order valence-corrected chi connectivity index (χ1v) is 11.3. The highest BCUT2D eigenvalue weighted by Gasteiger charge is 2.43. The fourth-order valence-electron chi connectivity index (χ4n) is 4.85. The number of aromatic nitrogens is 1. The molecule has 3 aromatic rings. The minimum absolute atomic E-state index is 0.164. The minimum Gasteiger partial charge on any atom is -0.502 e. The molecule has 2 aliphatic heterocycles. The molecule has 9 heteroatoms. The van der Waals surface area contributed by atoms with E-state index in [1.807, 2.05) is 29.3 Å². The predicted molar refractivity (Wildman–Crippen MR) is 122 cm³/mol. The lowest BCUT2D eigenvalue weighted by molar-refractivity contribution is 0.0600. The summed E-state index contributed by atoms with van der Waals surface area (Å²) in [5.74, 6) is -3.01. The third kappa shape index (κ3) is 3.33. The minimum atomic E-state index is -0.965. The first-order valence-electron chi connectivity index (χ1n) is 10.5. The van der Waals surface area contributed by atoms with Crippen molar-refractivity contribution >= 4 is 21.8 Å². The first kappa shape index (κ1) is 21.6. The number of fused-ring (bicyclic) bond motifs is 4. The van der Waals surface area contributed by atoms with Crippen LogP contribution in [0.3, 0.4) is 0 Å². The van der Waals surface area contributed by atoms with Crippen molar-refractivity contribution in [2.24, 2.45) is 0 Å². The summed E-state index contributed by atoms with van der Waals surface area (Å²) < 4.78 is 31.0. The maximum atomic E-state index is 14.5. The molecule has 2 atom stereocenters. The molecule has 0 bridgehead atoms. The molecule has 2 aliphatic rings. The Bertz CT molecular complexity index is 1340. The number of hydrogen-bond donors (Lipinski definition) is 1. The van der Waals surface area contributed by atoms with Gasteiger partial charge in [-0.1, -0.05) is 34.1 Å². The number of pyridine rings is 1. The van der Waals surface area contributed by atoms with Crippen LogP contribution in [-0.4, -0.2) is 33.8 Å². The summed E-state index contributed by atoms with van der Waals surface area (Å²) in [5, 5.41) is 12.4. The quantitative estimate of drug-likeness (QED) is 0.530. The summed E-state index contributed by atoms with van der Waals surface area (Å²) in [4.78, 5) is 26.8. The van der Waals surface area contributed by atoms with E-state index in [1.165, 1.54) is 34.0 Å². The van der Waals surface area contributed by atoms with E-state index in [2.05, 4.69) is 15.9 Å². The van der Waals surface area contributed by atoms with Crippen molar-refractivity contribution in [3.05, 3.63) is 97.4 Å². The van der Waals surface area contributed by atoms with E-state index >= 15 is 0 Å². The van der Waals surface area contributed by atoms with Crippen molar-refractivity contribution < 1.29 is 18.7 Å². The van der Waals surface area contributed by atoms with E-state index in [0.717, 1.165) is 10.0 Å². The fourth-order valence-corrected chi connectivity index (χ4v) is 5.36. The van der Waals surface area contributed by atoms with Gasteiger partial charge in [0.2, 0.25) is 5.43 Å². The lowest BCUT2D eigenvalue weighted by Crippen LogP contribution is -2.61. The SMILES string of the molecule is CN1C(=O)c2c(O)c(=O)ccn2N2[C@@H](c3ccccc3Br)c3cc(F)c(F)cc3CCC[C@H]12. The average molecular weight is 516 g/mol. The zero-order valence-electron chi connectivity index (χ0n) is 17.6. The average Bonchev–Trinajstić information content (AvgIpc) is 2.78. The molecule has 5 rings (SSSR count). The fraction of sp³-hybridized carbons (Fsp3) is 0.250. The lowest BCUT2D eigenvalue weighted by atomic mass is 9.88. The van der Waals surface area contributed by atoms with Crippen LogP contribution in [0, 0.1) is 11.6 Å². The van der Waals surface area contributed by atoms with Gasteiger partial charge in [0, 0.05) is 23.8 Å². The number of aromatic hydroxyl groups is 1. The number of aryl methyl sites for hydroxylation is 1. The summed E-state index contributed by atoms with van der Waals surface area (Å²) in [6, 6.07) is 10.4. The number of hydrogen-bond acceptors (Lipinski definition) is 4. The molecule has 33 heavy (non-hydrogen) atoms. The van der Waals surface area contributed by atoms with E-state index in [0.29, 0.717) is 30.4 Å². The smallest absolute Gasteiger partial charge is 0.277 e. The molecular weight excluding hydrogens is 496 g/mol. The second-order valence-electron chi connectivity index (χ2n) is 8.28. The number of benzene rings is 2. The number of rotatable bonds is 1. The standard InChI is InChI=1S/C24H20BrF2N3O3/c1-28-20-8-4-5-13-11-17(26)18(27)12-15(13)21(14-6-2-3-7-16(14)25)30(20)29-10-9-19(31)23(32)22(29)24(28)33/h2-3,6-7,9-12,20-21,32H,4-5,8H2,1H3/t20-,21+/m1/s1. The molecule has 0 radical (unpaired) electrons. The van der Waals surface area contributed by atoms with Crippen LogP contribution in [0.2, 0.25) is 0 Å². The van der Waals surface area contributed by atoms with E-state index in [9.17, 15) is 23.5 Å². The Morgan fingerprint density at radius 3 is 2.55 bits per heavy atom. The predicted octanol–water partition coefficient (Wildman–Crippen LogP) is 4.07. The molecule has 1 aromatic heterocycles. The molecule has 1 amide bonds. The first-order chi connectivity index (χ1) is 15.8. The van der Waals surface area contributed by atoms with Gasteiger partial charge in [-0.15, -0.1) is 0 Å². The largest absolute Gasteiger partial charge is 0.502 e. The second kappa shape index (κ2) is 7.98. The van der Waals surface area contributed by atoms with Crippen LogP contribution >= 0.6 is 15.9 Å². The number of nitrogens with zero attached hydrogens (tertiary/aromatic N) is 3. The van der Waals surface area contributed by atoms with Gasteiger partial charge in [0.25, 0.3) is 5.91 Å². The zero-order chi connectivity index (χ0) is 23.4. The van der Waals surface area contributed by atoms with Crippen LogP contribution in [-0.2, 0) is 6.42 Å². The molecule has 3 heterocycles. The lowest BCUT2D eigenvalue weighted by Gasteiger charge is -2.50. The van der Waals surface area contributed by atoms with Crippen molar-refractivity contribution in [3.8, 4) is 5.75 Å². The normalized spacial score (nSPS) is 19.9. The molecule has 2 aromatic carbocycles. The van der Waals surface area contributed by atoms with Crippen LogP contribution in [0.15, 0.2) is 57.9 Å². The van der Waals surface area contributed by atoms with Gasteiger partial charge >= 0.3 is 0 Å². The highest BCUT2D eigenvalue weighted by Crippen LogP contribution is 2.41. The van der Waals surface area contributed by atoms with Crippen LogP contribution in [0.1, 0.15) is 46.1 Å². The van der Waals surface area contributed by atoms with Gasteiger partial charge < -0.3 is 10.0 Å². The van der Waals surface area contributed by atoms with Gasteiger partial charge in [-0.2, -0.15) is 0 Å². The highest BCUT2D eigenvalue weighted by atomic mass is 79.9. The molecule has 1 N–H and O–H groups in total. The Morgan fingerprint density at radius 2 is 1.79 bits per heavy atom. The second-order valence-corrected chi connectivity index (χ2v) is 9.13.